The predicted molar refractivity (Wildman–Crippen MR) is 231 cm³/mol. The molecule has 2 unspecified atom stereocenters. The molecule has 2 aromatic heterocycles. The van der Waals surface area contributed by atoms with Crippen molar-refractivity contribution in [3.63, 3.8) is 0 Å². The van der Waals surface area contributed by atoms with Crippen LogP contribution >= 0.6 is 0 Å². The van der Waals surface area contributed by atoms with E-state index in [-0.39, 0.29) is 12.0 Å². The van der Waals surface area contributed by atoms with Gasteiger partial charge in [-0.2, -0.15) is 0 Å². The van der Waals surface area contributed by atoms with Gasteiger partial charge in [0.1, 0.15) is 5.82 Å². The first-order chi connectivity index (χ1) is 28.2. The Morgan fingerprint density at radius 3 is 1.75 bits per heavy atom. The van der Waals surface area contributed by atoms with Crippen molar-refractivity contribution in [2.24, 2.45) is 0 Å². The number of anilines is 2. The Kier molecular flexibility index (Phi) is 7.88. The van der Waals surface area contributed by atoms with Crippen molar-refractivity contribution in [3.05, 3.63) is 223 Å². The van der Waals surface area contributed by atoms with Crippen LogP contribution in [0.5, 0.6) is 0 Å². The summed E-state index contributed by atoms with van der Waals surface area (Å²) in [6, 6.07) is 66.2. The van der Waals surface area contributed by atoms with Gasteiger partial charge in [0.15, 0.2) is 17.5 Å². The molecule has 0 saturated carbocycles. The highest BCUT2D eigenvalue weighted by Gasteiger charge is 2.43. The van der Waals surface area contributed by atoms with Gasteiger partial charge in [-0.3, -0.25) is 0 Å². The Bertz CT molecular complexity index is 2980. The van der Waals surface area contributed by atoms with Gasteiger partial charge in [0.25, 0.3) is 0 Å². The fraction of sp³-hybridized carbons (Fsp3) is 0.0385. The number of nitrogens with zero attached hydrogens (tertiary/aromatic N) is 5. The van der Waals surface area contributed by atoms with Crippen molar-refractivity contribution < 1.29 is 0 Å². The lowest BCUT2D eigenvalue weighted by Gasteiger charge is -2.33. The van der Waals surface area contributed by atoms with Crippen LogP contribution in [-0.4, -0.2) is 26.0 Å². The van der Waals surface area contributed by atoms with Crippen LogP contribution in [0.15, 0.2) is 200 Å². The summed E-state index contributed by atoms with van der Waals surface area (Å²) in [6.07, 6.45) is 4.34. The molecular weight excluding hydrogens is 695 g/mol. The summed E-state index contributed by atoms with van der Waals surface area (Å²) in [5, 5.41) is 2.31. The van der Waals surface area contributed by atoms with Gasteiger partial charge in [-0.05, 0) is 74.0 Å². The Morgan fingerprint density at radius 2 is 1.00 bits per heavy atom. The molecule has 1 aliphatic carbocycles. The van der Waals surface area contributed by atoms with Crippen molar-refractivity contribution >= 4 is 27.9 Å². The fourth-order valence-electron chi connectivity index (χ4n) is 8.63. The number of hydrogen-bond donors (Lipinski definition) is 0. The Balaban J connectivity index is 1.10. The largest absolute Gasteiger partial charge is 0.318 e. The van der Waals surface area contributed by atoms with Crippen molar-refractivity contribution in [2.75, 3.05) is 4.90 Å². The molecule has 0 N–H and O–H groups in total. The number of pyridine rings is 1. The summed E-state index contributed by atoms with van der Waals surface area (Å²) < 4.78 is 0. The monoisotopic (exact) mass is 729 g/mol. The van der Waals surface area contributed by atoms with E-state index in [0.717, 1.165) is 33.6 Å². The number of rotatable bonds is 6. The Morgan fingerprint density at radius 1 is 0.404 bits per heavy atom. The van der Waals surface area contributed by atoms with Crippen LogP contribution in [0.2, 0.25) is 0 Å². The highest BCUT2D eigenvalue weighted by Crippen LogP contribution is 2.54. The second-order valence-corrected chi connectivity index (χ2v) is 14.6. The number of benzene rings is 7. The van der Waals surface area contributed by atoms with Gasteiger partial charge < -0.3 is 4.90 Å². The van der Waals surface area contributed by atoms with Crippen molar-refractivity contribution in [2.45, 2.75) is 12.0 Å². The van der Waals surface area contributed by atoms with Crippen LogP contribution in [0, 0.1) is 0 Å². The minimum Gasteiger partial charge on any atom is -0.318 e. The van der Waals surface area contributed by atoms with Crippen molar-refractivity contribution in [1.82, 2.24) is 19.9 Å². The van der Waals surface area contributed by atoms with Gasteiger partial charge >= 0.3 is 0 Å². The topological polar surface area (TPSA) is 54.8 Å². The summed E-state index contributed by atoms with van der Waals surface area (Å²) in [6.45, 7) is 0. The molecule has 9 aromatic rings. The zero-order valence-electron chi connectivity index (χ0n) is 30.9. The van der Waals surface area contributed by atoms with E-state index in [1.165, 1.54) is 44.3 Å². The molecule has 0 amide bonds. The third-order valence-corrected chi connectivity index (χ3v) is 11.3. The average Bonchev–Trinajstić information content (AvgIpc) is 3.63. The normalized spacial score (nSPS) is 15.4. The lowest BCUT2D eigenvalue weighted by molar-refractivity contribution is 0.716. The first-order valence-corrected chi connectivity index (χ1v) is 19.4. The highest BCUT2D eigenvalue weighted by atomic mass is 15.2. The molecule has 2 aliphatic rings. The lowest BCUT2D eigenvalue weighted by Crippen LogP contribution is -2.32. The van der Waals surface area contributed by atoms with Crippen LogP contribution in [0.4, 0.5) is 11.5 Å². The van der Waals surface area contributed by atoms with E-state index in [0.29, 0.717) is 17.5 Å². The molecule has 3 heterocycles. The predicted octanol–water partition coefficient (Wildman–Crippen LogP) is 12.2. The first kappa shape index (κ1) is 32.9. The van der Waals surface area contributed by atoms with Crippen LogP contribution in [0.1, 0.15) is 28.2 Å². The van der Waals surface area contributed by atoms with Crippen molar-refractivity contribution in [1.29, 1.82) is 0 Å². The summed E-state index contributed by atoms with van der Waals surface area (Å²) in [4.78, 5) is 22.8. The van der Waals surface area contributed by atoms with E-state index in [2.05, 4.69) is 163 Å². The molecule has 5 heteroatoms. The van der Waals surface area contributed by atoms with Gasteiger partial charge in [0.2, 0.25) is 0 Å². The smallest absolute Gasteiger partial charge is 0.164 e. The molecule has 0 fully saturated rings. The van der Waals surface area contributed by atoms with Crippen LogP contribution in [-0.2, 0) is 0 Å². The van der Waals surface area contributed by atoms with E-state index in [1.807, 2.05) is 42.6 Å². The molecule has 57 heavy (non-hydrogen) atoms. The lowest BCUT2D eigenvalue weighted by atomic mass is 9.76. The summed E-state index contributed by atoms with van der Waals surface area (Å²) in [5.41, 5.74) is 12.5. The molecular formula is C52H35N5. The number of hydrogen-bond acceptors (Lipinski definition) is 5. The highest BCUT2D eigenvalue weighted by molar-refractivity contribution is 5.90. The molecule has 7 aromatic carbocycles. The van der Waals surface area contributed by atoms with E-state index in [1.54, 1.807) is 0 Å². The second-order valence-electron chi connectivity index (χ2n) is 14.6. The molecule has 0 spiro atoms. The zero-order chi connectivity index (χ0) is 37.7. The van der Waals surface area contributed by atoms with Gasteiger partial charge in [0.05, 0.1) is 6.04 Å². The SMILES string of the molecule is C1=C(c2ccccc2)c2ccccc2C2c3ccc(-c4ccccc4)cc3N(c3cc(-c4nc(-c5ccccc5)nc(-c5ccc6ccccc6c5)n4)ccn3)C12. The van der Waals surface area contributed by atoms with Crippen LogP contribution < -0.4 is 4.90 Å². The van der Waals surface area contributed by atoms with Gasteiger partial charge in [-0.15, -0.1) is 0 Å². The first-order valence-electron chi connectivity index (χ1n) is 19.4. The minimum atomic E-state index is -0.0229. The van der Waals surface area contributed by atoms with Crippen molar-refractivity contribution in [3.8, 4) is 45.3 Å². The standard InChI is InChI=1S/C52H35N5/c1-4-14-34(15-5-1)39-26-27-44-46(31-39)57(47-33-45(36-17-6-2-7-18-36)42-22-12-13-23-43(42)49(44)47)48-32-41(28-29-53-48)52-55-50(37-19-8-3-9-20-37)54-51(56-52)40-25-24-35-16-10-11-21-38(35)30-40/h1-33,47,49H. The molecule has 268 valence electrons. The van der Waals surface area contributed by atoms with Gasteiger partial charge in [-0.1, -0.05) is 170 Å². The third-order valence-electron chi connectivity index (χ3n) is 11.3. The number of aromatic nitrogens is 4. The van der Waals surface area contributed by atoms with E-state index in [9.17, 15) is 0 Å². The maximum atomic E-state index is 5.15. The van der Waals surface area contributed by atoms with E-state index < -0.39 is 0 Å². The molecule has 5 nitrogen and oxygen atoms in total. The zero-order valence-corrected chi connectivity index (χ0v) is 30.9. The quantitative estimate of drug-likeness (QED) is 0.171. The molecule has 0 radical (unpaired) electrons. The maximum Gasteiger partial charge on any atom is 0.164 e. The van der Waals surface area contributed by atoms with E-state index >= 15 is 0 Å². The number of fused-ring (bicyclic) bond motifs is 6. The molecule has 1 aliphatic heterocycles. The fourth-order valence-corrected chi connectivity index (χ4v) is 8.63. The second kappa shape index (κ2) is 13.7. The molecule has 0 bridgehead atoms. The summed E-state index contributed by atoms with van der Waals surface area (Å²) in [5.74, 6) is 2.80. The third kappa shape index (κ3) is 5.80. The maximum absolute atomic E-state index is 5.15. The van der Waals surface area contributed by atoms with Gasteiger partial charge in [-0.25, -0.2) is 19.9 Å². The minimum absolute atomic E-state index is 0.0229. The summed E-state index contributed by atoms with van der Waals surface area (Å²) >= 11 is 0. The van der Waals surface area contributed by atoms with Crippen LogP contribution in [0.3, 0.4) is 0 Å². The Hall–Kier alpha value is -7.50. The summed E-state index contributed by atoms with van der Waals surface area (Å²) in [7, 11) is 0. The van der Waals surface area contributed by atoms with Gasteiger partial charge in [0, 0.05) is 34.5 Å². The molecule has 11 rings (SSSR count). The molecule has 2 atom stereocenters. The average molecular weight is 730 g/mol. The molecule has 0 saturated heterocycles. The Labute approximate surface area is 331 Å². The van der Waals surface area contributed by atoms with E-state index in [4.69, 9.17) is 19.9 Å². The van der Waals surface area contributed by atoms with Crippen LogP contribution in [0.25, 0.3) is 61.6 Å².